The summed E-state index contributed by atoms with van der Waals surface area (Å²) < 4.78 is 24.3. The highest BCUT2D eigenvalue weighted by Gasteiger charge is 2.21. The number of nitrogens with zero attached hydrogens (tertiary/aromatic N) is 3. The summed E-state index contributed by atoms with van der Waals surface area (Å²) in [4.78, 5) is 4.87. The van der Waals surface area contributed by atoms with Crippen molar-refractivity contribution < 1.29 is 13.7 Å². The second kappa shape index (κ2) is 8.98. The quantitative estimate of drug-likeness (QED) is 0.603. The predicted molar refractivity (Wildman–Crippen MR) is 115 cm³/mol. The van der Waals surface area contributed by atoms with E-state index in [2.05, 4.69) is 34.0 Å². The van der Waals surface area contributed by atoms with E-state index in [9.17, 15) is 4.39 Å². The molecular formula is C24H28FN3O2. The van der Waals surface area contributed by atoms with E-state index in [-0.39, 0.29) is 5.82 Å². The molecule has 0 unspecified atom stereocenters. The van der Waals surface area contributed by atoms with Crippen molar-refractivity contribution in [2.45, 2.75) is 26.9 Å². The van der Waals surface area contributed by atoms with Gasteiger partial charge in [0.25, 0.3) is 0 Å². The third-order valence-corrected chi connectivity index (χ3v) is 5.80. The summed E-state index contributed by atoms with van der Waals surface area (Å²) in [6.45, 7) is 9.75. The lowest BCUT2D eigenvalue weighted by Crippen LogP contribution is -2.45. The van der Waals surface area contributed by atoms with E-state index >= 15 is 0 Å². The summed E-state index contributed by atoms with van der Waals surface area (Å²) >= 11 is 0. The molecule has 6 heteroatoms. The van der Waals surface area contributed by atoms with Crippen LogP contribution in [-0.4, -0.2) is 48.2 Å². The molecule has 1 aliphatic rings. The van der Waals surface area contributed by atoms with Gasteiger partial charge in [-0.25, -0.2) is 4.39 Å². The summed E-state index contributed by atoms with van der Waals surface area (Å²) in [5.74, 6) is 1.42. The first kappa shape index (κ1) is 20.6. The average molecular weight is 410 g/mol. The highest BCUT2D eigenvalue weighted by molar-refractivity contribution is 5.61. The number of rotatable bonds is 6. The molecule has 0 atom stereocenters. The number of halogens is 1. The average Bonchev–Trinajstić information content (AvgIpc) is 3.10. The van der Waals surface area contributed by atoms with E-state index in [1.165, 1.54) is 23.3 Å². The maximum atomic E-state index is 13.2. The zero-order chi connectivity index (χ0) is 21.1. The molecule has 30 heavy (non-hydrogen) atoms. The highest BCUT2D eigenvalue weighted by Crippen LogP contribution is 2.27. The molecule has 1 fully saturated rings. The van der Waals surface area contributed by atoms with Crippen LogP contribution in [0.5, 0.6) is 5.75 Å². The molecule has 0 saturated carbocycles. The molecule has 0 aliphatic carbocycles. The molecule has 2 aromatic carbocycles. The second-order valence-electron chi connectivity index (χ2n) is 7.96. The van der Waals surface area contributed by atoms with Crippen LogP contribution >= 0.6 is 0 Å². The Morgan fingerprint density at radius 3 is 2.30 bits per heavy atom. The van der Waals surface area contributed by atoms with E-state index < -0.39 is 0 Å². The van der Waals surface area contributed by atoms with Gasteiger partial charge >= 0.3 is 0 Å². The van der Waals surface area contributed by atoms with Crippen LogP contribution < -0.4 is 4.74 Å². The molecule has 4 rings (SSSR count). The fraction of sp³-hybridized carbons (Fsp3) is 0.375. The first-order valence-electron chi connectivity index (χ1n) is 10.3. The molecule has 0 bridgehead atoms. The number of piperazine rings is 1. The van der Waals surface area contributed by atoms with Crippen LogP contribution in [0.4, 0.5) is 4.39 Å². The molecule has 2 heterocycles. The van der Waals surface area contributed by atoms with Crippen molar-refractivity contribution >= 4 is 0 Å². The highest BCUT2D eigenvalue weighted by atomic mass is 19.1. The SMILES string of the molecule is COc1ccc(C)cc1CN1CCN(Cc2noc(-c3ccc(F)cc3)c2C)CC1. The molecule has 0 N–H and O–H groups in total. The molecule has 1 saturated heterocycles. The van der Waals surface area contributed by atoms with Crippen LogP contribution in [-0.2, 0) is 13.1 Å². The lowest BCUT2D eigenvalue weighted by Gasteiger charge is -2.34. The Bertz CT molecular complexity index is 992. The molecule has 0 radical (unpaired) electrons. The van der Waals surface area contributed by atoms with Crippen LogP contribution in [0.25, 0.3) is 11.3 Å². The number of hydrogen-bond acceptors (Lipinski definition) is 5. The third-order valence-electron chi connectivity index (χ3n) is 5.80. The minimum absolute atomic E-state index is 0.253. The Morgan fingerprint density at radius 1 is 0.967 bits per heavy atom. The first-order valence-corrected chi connectivity index (χ1v) is 10.3. The number of aryl methyl sites for hydroxylation is 1. The van der Waals surface area contributed by atoms with Crippen molar-refractivity contribution in [2.75, 3.05) is 33.3 Å². The van der Waals surface area contributed by atoms with Crippen molar-refractivity contribution in [2.24, 2.45) is 0 Å². The summed E-state index contributed by atoms with van der Waals surface area (Å²) in [6, 6.07) is 12.7. The molecule has 5 nitrogen and oxygen atoms in total. The lowest BCUT2D eigenvalue weighted by atomic mass is 10.1. The van der Waals surface area contributed by atoms with Crippen LogP contribution in [0.1, 0.15) is 22.4 Å². The molecule has 3 aromatic rings. The summed E-state index contributed by atoms with van der Waals surface area (Å²) in [5.41, 5.74) is 5.31. The lowest BCUT2D eigenvalue weighted by molar-refractivity contribution is 0.119. The van der Waals surface area contributed by atoms with Crippen LogP contribution in [0, 0.1) is 19.7 Å². The predicted octanol–water partition coefficient (Wildman–Crippen LogP) is 4.42. The number of ether oxygens (including phenoxy) is 1. The van der Waals surface area contributed by atoms with Gasteiger partial charge in [0.1, 0.15) is 17.3 Å². The maximum absolute atomic E-state index is 13.2. The van der Waals surface area contributed by atoms with Gasteiger partial charge in [0, 0.05) is 56.0 Å². The van der Waals surface area contributed by atoms with Crippen LogP contribution in [0.15, 0.2) is 47.0 Å². The minimum atomic E-state index is -0.253. The van der Waals surface area contributed by atoms with Crippen molar-refractivity contribution in [1.29, 1.82) is 0 Å². The first-order chi connectivity index (χ1) is 14.5. The van der Waals surface area contributed by atoms with E-state index in [0.29, 0.717) is 0 Å². The van der Waals surface area contributed by atoms with Gasteiger partial charge in [-0.05, 0) is 44.2 Å². The largest absolute Gasteiger partial charge is 0.496 e. The molecular weight excluding hydrogens is 381 g/mol. The fourth-order valence-electron chi connectivity index (χ4n) is 3.98. The zero-order valence-corrected chi connectivity index (χ0v) is 17.8. The smallest absolute Gasteiger partial charge is 0.170 e. The standard InChI is InChI=1S/C24H28FN3O2/c1-17-4-9-23(29-3)20(14-17)15-27-10-12-28(13-11-27)16-22-18(2)24(30-26-22)19-5-7-21(25)8-6-19/h4-9,14H,10-13,15-16H2,1-3H3. The van der Waals surface area contributed by atoms with Crippen molar-refractivity contribution in [3.05, 3.63) is 70.7 Å². The van der Waals surface area contributed by atoms with E-state index in [1.807, 2.05) is 13.0 Å². The van der Waals surface area contributed by atoms with Crippen molar-refractivity contribution in [3.8, 4) is 17.1 Å². The summed E-state index contributed by atoms with van der Waals surface area (Å²) in [6.07, 6.45) is 0. The van der Waals surface area contributed by atoms with Gasteiger partial charge < -0.3 is 9.26 Å². The van der Waals surface area contributed by atoms with E-state index in [0.717, 1.165) is 67.6 Å². The molecule has 1 aliphatic heterocycles. The van der Waals surface area contributed by atoms with Crippen LogP contribution in [0.3, 0.4) is 0 Å². The second-order valence-corrected chi connectivity index (χ2v) is 7.96. The van der Waals surface area contributed by atoms with Gasteiger partial charge in [-0.1, -0.05) is 22.9 Å². The summed E-state index contributed by atoms with van der Waals surface area (Å²) in [7, 11) is 1.73. The maximum Gasteiger partial charge on any atom is 0.170 e. The van der Waals surface area contributed by atoms with Gasteiger partial charge in [-0.2, -0.15) is 0 Å². The molecule has 1 aromatic heterocycles. The normalized spacial score (nSPS) is 15.5. The number of hydrogen-bond donors (Lipinski definition) is 0. The molecule has 0 spiro atoms. The minimum Gasteiger partial charge on any atom is -0.496 e. The number of aromatic nitrogens is 1. The zero-order valence-electron chi connectivity index (χ0n) is 17.8. The van der Waals surface area contributed by atoms with Gasteiger partial charge in [-0.15, -0.1) is 0 Å². The van der Waals surface area contributed by atoms with Gasteiger partial charge in [0.05, 0.1) is 7.11 Å². The summed E-state index contributed by atoms with van der Waals surface area (Å²) in [5, 5.41) is 4.29. The Morgan fingerprint density at radius 2 is 1.63 bits per heavy atom. The Kier molecular flexibility index (Phi) is 6.16. The number of methoxy groups -OCH3 is 1. The van der Waals surface area contributed by atoms with E-state index in [4.69, 9.17) is 9.26 Å². The Hall–Kier alpha value is -2.70. The van der Waals surface area contributed by atoms with Crippen molar-refractivity contribution in [3.63, 3.8) is 0 Å². The topological polar surface area (TPSA) is 41.7 Å². The fourth-order valence-corrected chi connectivity index (χ4v) is 3.98. The van der Waals surface area contributed by atoms with Gasteiger partial charge in [0.15, 0.2) is 5.76 Å². The van der Waals surface area contributed by atoms with Crippen molar-refractivity contribution in [1.82, 2.24) is 15.0 Å². The Balaban J connectivity index is 1.35. The third kappa shape index (κ3) is 4.55. The number of benzene rings is 2. The molecule has 0 amide bonds. The monoisotopic (exact) mass is 409 g/mol. The van der Waals surface area contributed by atoms with Crippen LogP contribution in [0.2, 0.25) is 0 Å². The van der Waals surface area contributed by atoms with Gasteiger partial charge in [0.2, 0.25) is 0 Å². The molecule has 158 valence electrons. The van der Waals surface area contributed by atoms with Gasteiger partial charge in [-0.3, -0.25) is 9.80 Å². The Labute approximate surface area is 177 Å². The van der Waals surface area contributed by atoms with E-state index in [1.54, 1.807) is 19.2 Å².